The fourth-order valence-corrected chi connectivity index (χ4v) is 2.36. The lowest BCUT2D eigenvalue weighted by Gasteiger charge is -2.31. The first kappa shape index (κ1) is 17.0. The molecule has 1 N–H and O–H groups in total. The zero-order chi connectivity index (χ0) is 15.1. The predicted molar refractivity (Wildman–Crippen MR) is 82.2 cm³/mol. The third kappa shape index (κ3) is 5.49. The van der Waals surface area contributed by atoms with Gasteiger partial charge in [-0.25, -0.2) is 0 Å². The van der Waals surface area contributed by atoms with Gasteiger partial charge in [-0.3, -0.25) is 9.69 Å². The molecular formula is C15H23ClN2O2. The number of halogens is 1. The van der Waals surface area contributed by atoms with Gasteiger partial charge in [0.2, 0.25) is 0 Å². The highest BCUT2D eigenvalue weighted by Gasteiger charge is 2.21. The third-order valence-electron chi connectivity index (χ3n) is 3.26. The molecule has 0 aliphatic rings. The van der Waals surface area contributed by atoms with Crippen LogP contribution in [0.4, 0.5) is 0 Å². The van der Waals surface area contributed by atoms with Gasteiger partial charge in [0.25, 0.3) is 0 Å². The first-order valence-electron chi connectivity index (χ1n) is 6.80. The summed E-state index contributed by atoms with van der Waals surface area (Å²) in [6.07, 6.45) is 0.863. The van der Waals surface area contributed by atoms with Crippen LogP contribution in [0.25, 0.3) is 0 Å². The highest BCUT2D eigenvalue weighted by Crippen LogP contribution is 2.25. The van der Waals surface area contributed by atoms with Crippen molar-refractivity contribution in [2.45, 2.75) is 19.4 Å². The van der Waals surface area contributed by atoms with E-state index in [1.54, 1.807) is 0 Å². The molecule has 1 atom stereocenters. The van der Waals surface area contributed by atoms with Crippen LogP contribution in [-0.4, -0.2) is 54.6 Å². The number of hydrogen-bond donors (Lipinski definition) is 1. The summed E-state index contributed by atoms with van der Waals surface area (Å²) in [6.45, 7) is 3.68. The number of likely N-dealkylation sites (N-methyl/N-ethyl adjacent to an activating group) is 1. The van der Waals surface area contributed by atoms with E-state index in [0.717, 1.165) is 25.1 Å². The number of rotatable bonds is 8. The molecule has 0 saturated carbocycles. The zero-order valence-corrected chi connectivity index (χ0v) is 13.1. The van der Waals surface area contributed by atoms with Crippen molar-refractivity contribution in [3.63, 3.8) is 0 Å². The highest BCUT2D eigenvalue weighted by atomic mass is 35.5. The molecule has 1 aromatic rings. The summed E-state index contributed by atoms with van der Waals surface area (Å²) in [5, 5.41) is 9.80. The Morgan fingerprint density at radius 3 is 2.30 bits per heavy atom. The van der Waals surface area contributed by atoms with E-state index in [-0.39, 0.29) is 12.6 Å². The first-order valence-corrected chi connectivity index (χ1v) is 7.17. The Kier molecular flexibility index (Phi) is 6.99. The lowest BCUT2D eigenvalue weighted by atomic mass is 10.0. The smallest absolute Gasteiger partial charge is 0.317 e. The Morgan fingerprint density at radius 2 is 1.85 bits per heavy atom. The van der Waals surface area contributed by atoms with Crippen molar-refractivity contribution in [3.8, 4) is 0 Å². The molecule has 0 heterocycles. The summed E-state index contributed by atoms with van der Waals surface area (Å²) < 4.78 is 0. The maximum atomic E-state index is 11.1. The molecule has 1 unspecified atom stereocenters. The average molecular weight is 299 g/mol. The minimum atomic E-state index is -0.795. The highest BCUT2D eigenvalue weighted by molar-refractivity contribution is 6.30. The summed E-state index contributed by atoms with van der Waals surface area (Å²) in [4.78, 5) is 15.1. The summed E-state index contributed by atoms with van der Waals surface area (Å²) in [5.41, 5.74) is 1.11. The van der Waals surface area contributed by atoms with Crippen molar-refractivity contribution in [1.82, 2.24) is 9.80 Å². The van der Waals surface area contributed by atoms with Crippen molar-refractivity contribution in [1.29, 1.82) is 0 Å². The third-order valence-corrected chi connectivity index (χ3v) is 3.51. The fraction of sp³-hybridized carbons (Fsp3) is 0.533. The molecule has 0 spiro atoms. The van der Waals surface area contributed by atoms with Gasteiger partial charge in [-0.2, -0.15) is 0 Å². The molecule has 4 nitrogen and oxygen atoms in total. The number of nitrogens with zero attached hydrogens (tertiary/aromatic N) is 2. The van der Waals surface area contributed by atoms with Crippen LogP contribution >= 0.6 is 11.6 Å². The van der Waals surface area contributed by atoms with Crippen molar-refractivity contribution in [2.75, 3.05) is 33.7 Å². The van der Waals surface area contributed by atoms with Crippen LogP contribution in [0.2, 0.25) is 5.02 Å². The number of carboxylic acid groups (broad SMARTS) is 1. The molecule has 0 radical (unpaired) electrons. The van der Waals surface area contributed by atoms with Gasteiger partial charge in [0.15, 0.2) is 0 Å². The van der Waals surface area contributed by atoms with E-state index in [4.69, 9.17) is 16.7 Å². The molecule has 112 valence electrons. The Morgan fingerprint density at radius 1 is 1.25 bits per heavy atom. The van der Waals surface area contributed by atoms with Gasteiger partial charge < -0.3 is 10.0 Å². The second kappa shape index (κ2) is 8.25. The van der Waals surface area contributed by atoms with Crippen LogP contribution in [0.5, 0.6) is 0 Å². The zero-order valence-electron chi connectivity index (χ0n) is 12.3. The van der Waals surface area contributed by atoms with Crippen molar-refractivity contribution in [2.24, 2.45) is 0 Å². The number of carbonyl (C=O) groups is 1. The maximum absolute atomic E-state index is 11.1. The molecule has 1 rings (SSSR count). The first-order chi connectivity index (χ1) is 9.43. The van der Waals surface area contributed by atoms with E-state index in [0.29, 0.717) is 5.02 Å². The molecule has 5 heteroatoms. The van der Waals surface area contributed by atoms with Gasteiger partial charge in [0, 0.05) is 24.2 Å². The van der Waals surface area contributed by atoms with E-state index in [9.17, 15) is 4.79 Å². The molecule has 0 aromatic heterocycles. The molecule has 0 saturated heterocycles. The summed E-state index contributed by atoms with van der Waals surface area (Å²) in [5.74, 6) is -0.795. The minimum absolute atomic E-state index is 0.0506. The Hall–Kier alpha value is -1.10. The molecule has 1 aromatic carbocycles. The number of benzene rings is 1. The SMILES string of the molecule is CCC(c1ccc(Cl)cc1)N(CCN(C)C)CC(=O)O. The average Bonchev–Trinajstić information content (AvgIpc) is 2.38. The van der Waals surface area contributed by atoms with Crippen molar-refractivity contribution < 1.29 is 9.90 Å². The normalized spacial score (nSPS) is 12.9. The topological polar surface area (TPSA) is 43.8 Å². The van der Waals surface area contributed by atoms with Crippen LogP contribution in [0.1, 0.15) is 24.9 Å². The largest absolute Gasteiger partial charge is 0.480 e. The Bertz CT molecular complexity index is 420. The van der Waals surface area contributed by atoms with E-state index >= 15 is 0 Å². The van der Waals surface area contributed by atoms with Crippen molar-refractivity contribution in [3.05, 3.63) is 34.9 Å². The van der Waals surface area contributed by atoms with E-state index in [1.807, 2.05) is 43.3 Å². The lowest BCUT2D eigenvalue weighted by molar-refractivity contribution is -0.139. The van der Waals surface area contributed by atoms with Crippen LogP contribution in [0.15, 0.2) is 24.3 Å². The number of aliphatic carboxylic acids is 1. The van der Waals surface area contributed by atoms with Crippen molar-refractivity contribution >= 4 is 17.6 Å². The van der Waals surface area contributed by atoms with E-state index < -0.39 is 5.97 Å². The second-order valence-electron chi connectivity index (χ2n) is 5.14. The van der Waals surface area contributed by atoms with Gasteiger partial charge in [-0.05, 0) is 38.2 Å². The Balaban J connectivity index is 2.88. The van der Waals surface area contributed by atoms with Crippen LogP contribution < -0.4 is 0 Å². The molecule has 0 aliphatic heterocycles. The molecular weight excluding hydrogens is 276 g/mol. The lowest BCUT2D eigenvalue weighted by Crippen LogP contribution is -2.38. The molecule has 0 amide bonds. The molecule has 0 aliphatic carbocycles. The van der Waals surface area contributed by atoms with Crippen LogP contribution in [-0.2, 0) is 4.79 Å². The van der Waals surface area contributed by atoms with Gasteiger partial charge in [0.05, 0.1) is 6.54 Å². The van der Waals surface area contributed by atoms with Gasteiger partial charge in [-0.15, -0.1) is 0 Å². The monoisotopic (exact) mass is 298 g/mol. The van der Waals surface area contributed by atoms with E-state index in [1.165, 1.54) is 0 Å². The standard InChI is InChI=1S/C15H23ClN2O2/c1-4-14(12-5-7-13(16)8-6-12)18(11-15(19)20)10-9-17(2)3/h5-8,14H,4,9-11H2,1-3H3,(H,19,20). The van der Waals surface area contributed by atoms with Crippen LogP contribution in [0.3, 0.4) is 0 Å². The quantitative estimate of drug-likeness (QED) is 0.801. The number of carboxylic acids is 1. The molecule has 0 fully saturated rings. The van der Waals surface area contributed by atoms with Gasteiger partial charge >= 0.3 is 5.97 Å². The number of hydrogen-bond acceptors (Lipinski definition) is 3. The summed E-state index contributed by atoms with van der Waals surface area (Å²) in [7, 11) is 3.98. The fourth-order valence-electron chi connectivity index (χ4n) is 2.24. The molecule has 20 heavy (non-hydrogen) atoms. The van der Waals surface area contributed by atoms with Crippen LogP contribution in [0, 0.1) is 0 Å². The summed E-state index contributed by atoms with van der Waals surface area (Å²) in [6, 6.07) is 7.75. The van der Waals surface area contributed by atoms with Gasteiger partial charge in [0.1, 0.15) is 0 Å². The Labute approximate surface area is 125 Å². The predicted octanol–water partition coefficient (Wildman–Crippen LogP) is 2.74. The maximum Gasteiger partial charge on any atom is 0.317 e. The van der Waals surface area contributed by atoms with E-state index in [2.05, 4.69) is 11.8 Å². The molecule has 0 bridgehead atoms. The van der Waals surface area contributed by atoms with Gasteiger partial charge in [-0.1, -0.05) is 30.7 Å². The summed E-state index contributed by atoms with van der Waals surface area (Å²) >= 11 is 5.91. The second-order valence-corrected chi connectivity index (χ2v) is 5.58. The minimum Gasteiger partial charge on any atom is -0.480 e.